The Balaban J connectivity index is 2.31. The van der Waals surface area contributed by atoms with Crippen LogP contribution in [0.5, 0.6) is 11.5 Å². The van der Waals surface area contributed by atoms with E-state index in [1.165, 1.54) is 18.4 Å². The Labute approximate surface area is 140 Å². The Morgan fingerprint density at radius 2 is 1.83 bits per heavy atom. The largest absolute Gasteiger partial charge is 0.504 e. The van der Waals surface area contributed by atoms with Crippen LogP contribution in [0.25, 0.3) is 5.57 Å². The predicted octanol–water partition coefficient (Wildman–Crippen LogP) is 5.72. The highest BCUT2D eigenvalue weighted by atomic mass is 16.3. The van der Waals surface area contributed by atoms with Crippen molar-refractivity contribution in [2.24, 2.45) is 11.3 Å². The fourth-order valence-corrected chi connectivity index (χ4v) is 5.37. The molecule has 0 aliphatic heterocycles. The van der Waals surface area contributed by atoms with E-state index in [4.69, 9.17) is 0 Å². The summed E-state index contributed by atoms with van der Waals surface area (Å²) in [6, 6.07) is 1.81. The molecule has 1 saturated carbocycles. The number of hydrogen-bond acceptors (Lipinski definition) is 2. The van der Waals surface area contributed by atoms with Gasteiger partial charge in [-0.05, 0) is 64.7 Å². The van der Waals surface area contributed by atoms with Crippen LogP contribution in [0.15, 0.2) is 12.6 Å². The minimum Gasteiger partial charge on any atom is -0.504 e. The molecule has 126 valence electrons. The van der Waals surface area contributed by atoms with E-state index in [0.29, 0.717) is 5.92 Å². The number of hydrogen-bond donors (Lipinski definition) is 2. The van der Waals surface area contributed by atoms with E-state index in [0.717, 1.165) is 29.5 Å². The number of aromatic hydroxyl groups is 2. The average molecular weight is 314 g/mol. The van der Waals surface area contributed by atoms with E-state index >= 15 is 0 Å². The van der Waals surface area contributed by atoms with Gasteiger partial charge in [-0.3, -0.25) is 0 Å². The van der Waals surface area contributed by atoms with Crippen LogP contribution in [-0.4, -0.2) is 10.2 Å². The van der Waals surface area contributed by atoms with Crippen molar-refractivity contribution in [2.75, 3.05) is 0 Å². The molecule has 0 aromatic heterocycles. The summed E-state index contributed by atoms with van der Waals surface area (Å²) < 4.78 is 0. The van der Waals surface area contributed by atoms with E-state index in [9.17, 15) is 10.2 Å². The van der Waals surface area contributed by atoms with Gasteiger partial charge >= 0.3 is 0 Å². The van der Waals surface area contributed by atoms with Gasteiger partial charge in [0, 0.05) is 5.56 Å². The van der Waals surface area contributed by atoms with Crippen LogP contribution in [0.3, 0.4) is 0 Å². The first kappa shape index (κ1) is 16.4. The van der Waals surface area contributed by atoms with Gasteiger partial charge in [0.25, 0.3) is 0 Å². The van der Waals surface area contributed by atoms with Crippen molar-refractivity contribution in [2.45, 2.75) is 71.6 Å². The molecule has 2 aliphatic rings. The van der Waals surface area contributed by atoms with Crippen LogP contribution in [-0.2, 0) is 5.41 Å². The number of phenols is 2. The molecule has 0 unspecified atom stereocenters. The highest BCUT2D eigenvalue weighted by Gasteiger charge is 2.51. The topological polar surface area (TPSA) is 40.5 Å². The van der Waals surface area contributed by atoms with E-state index in [1.807, 2.05) is 6.07 Å². The lowest BCUT2D eigenvalue weighted by molar-refractivity contribution is 0.0549. The molecule has 0 radical (unpaired) electrons. The van der Waals surface area contributed by atoms with Crippen molar-refractivity contribution in [1.29, 1.82) is 0 Å². The van der Waals surface area contributed by atoms with Gasteiger partial charge in [0.2, 0.25) is 0 Å². The van der Waals surface area contributed by atoms with Crippen molar-refractivity contribution in [3.63, 3.8) is 0 Å². The molecule has 1 fully saturated rings. The monoisotopic (exact) mass is 314 g/mol. The maximum atomic E-state index is 10.4. The normalized spacial score (nSPS) is 29.3. The van der Waals surface area contributed by atoms with Gasteiger partial charge in [0.1, 0.15) is 0 Å². The Morgan fingerprint density at radius 1 is 1.17 bits per heavy atom. The third-order valence-corrected chi connectivity index (χ3v) is 6.54. The van der Waals surface area contributed by atoms with Gasteiger partial charge in [-0.1, -0.05) is 47.6 Å². The highest BCUT2D eigenvalue weighted by Crippen LogP contribution is 2.61. The molecular weight excluding hydrogens is 284 g/mol. The summed E-state index contributed by atoms with van der Waals surface area (Å²) in [7, 11) is 0. The summed E-state index contributed by atoms with van der Waals surface area (Å²) in [4.78, 5) is 0. The molecule has 2 heteroatoms. The molecular formula is C21H30O2. The maximum Gasteiger partial charge on any atom is 0.161 e. The summed E-state index contributed by atoms with van der Waals surface area (Å²) in [5.41, 5.74) is 4.63. The summed E-state index contributed by atoms with van der Waals surface area (Å²) in [6.45, 7) is 15.6. The van der Waals surface area contributed by atoms with Crippen LogP contribution in [0.1, 0.15) is 82.9 Å². The zero-order chi connectivity index (χ0) is 17.2. The molecule has 0 saturated heterocycles. The summed E-state index contributed by atoms with van der Waals surface area (Å²) in [5, 5.41) is 20.8. The van der Waals surface area contributed by atoms with E-state index in [1.54, 1.807) is 0 Å². The number of rotatable bonds is 1. The van der Waals surface area contributed by atoms with Crippen molar-refractivity contribution in [3.05, 3.63) is 29.3 Å². The SMILES string of the molecule is C=C1C[C@@H]2C(C)(C)CCC[C@]2(C)c2cc(O)c(O)c(C(C)C)c21. The maximum absolute atomic E-state index is 10.4. The number of benzene rings is 1. The molecule has 23 heavy (non-hydrogen) atoms. The third kappa shape index (κ3) is 2.21. The first-order chi connectivity index (χ1) is 10.6. The standard InChI is InChI=1S/C21H30O2/c1-12(2)17-18-13(3)10-16-20(4,5)8-7-9-21(16,6)14(18)11-15(22)19(17)23/h11-12,16,22-23H,3,7-10H2,1-2,4-6H3/t16-,21-/m1/s1. The molecule has 2 N–H and O–H groups in total. The second-order valence-electron chi connectivity index (χ2n) is 8.86. The second kappa shape index (κ2) is 5.03. The zero-order valence-electron chi connectivity index (χ0n) is 15.2. The molecule has 1 aromatic carbocycles. The Morgan fingerprint density at radius 3 is 2.43 bits per heavy atom. The molecule has 2 atom stereocenters. The van der Waals surface area contributed by atoms with Crippen LogP contribution in [0, 0.1) is 11.3 Å². The third-order valence-electron chi connectivity index (χ3n) is 6.54. The van der Waals surface area contributed by atoms with Gasteiger partial charge in [-0.25, -0.2) is 0 Å². The van der Waals surface area contributed by atoms with Crippen molar-refractivity contribution in [1.82, 2.24) is 0 Å². The molecule has 2 nitrogen and oxygen atoms in total. The van der Waals surface area contributed by atoms with Crippen molar-refractivity contribution in [3.8, 4) is 11.5 Å². The number of phenolic OH excluding ortho intramolecular Hbond substituents is 2. The lowest BCUT2D eigenvalue weighted by Crippen LogP contribution is -2.47. The summed E-state index contributed by atoms with van der Waals surface area (Å²) in [6.07, 6.45) is 4.59. The average Bonchev–Trinajstić information content (AvgIpc) is 2.43. The van der Waals surface area contributed by atoms with E-state index in [2.05, 4.69) is 41.2 Å². The smallest absolute Gasteiger partial charge is 0.161 e. The molecule has 3 rings (SSSR count). The van der Waals surface area contributed by atoms with E-state index in [-0.39, 0.29) is 28.2 Å². The quantitative estimate of drug-likeness (QED) is 0.651. The van der Waals surface area contributed by atoms with E-state index < -0.39 is 0 Å². The van der Waals surface area contributed by atoms with Gasteiger partial charge in [0.05, 0.1) is 0 Å². The highest BCUT2D eigenvalue weighted by molar-refractivity contribution is 5.77. The van der Waals surface area contributed by atoms with Crippen LogP contribution in [0.2, 0.25) is 0 Å². The first-order valence-electron chi connectivity index (χ1n) is 8.87. The van der Waals surface area contributed by atoms with Gasteiger partial charge in [-0.15, -0.1) is 0 Å². The van der Waals surface area contributed by atoms with Gasteiger partial charge < -0.3 is 10.2 Å². The predicted molar refractivity (Wildman–Crippen MR) is 96.0 cm³/mol. The van der Waals surface area contributed by atoms with Crippen molar-refractivity contribution < 1.29 is 10.2 Å². The fraction of sp³-hybridized carbons (Fsp3) is 0.619. The Kier molecular flexibility index (Phi) is 3.59. The minimum absolute atomic E-state index is 0.0190. The minimum atomic E-state index is 0.0190. The molecule has 0 bridgehead atoms. The Hall–Kier alpha value is -1.44. The fourth-order valence-electron chi connectivity index (χ4n) is 5.37. The van der Waals surface area contributed by atoms with Crippen molar-refractivity contribution >= 4 is 5.57 Å². The van der Waals surface area contributed by atoms with Crippen LogP contribution < -0.4 is 0 Å². The van der Waals surface area contributed by atoms with Gasteiger partial charge in [0.15, 0.2) is 11.5 Å². The number of fused-ring (bicyclic) bond motifs is 3. The second-order valence-corrected chi connectivity index (χ2v) is 8.86. The Bertz CT molecular complexity index is 669. The molecule has 0 heterocycles. The molecule has 1 aromatic rings. The lowest BCUT2D eigenvalue weighted by Gasteiger charge is -2.55. The summed E-state index contributed by atoms with van der Waals surface area (Å²) >= 11 is 0. The first-order valence-corrected chi connectivity index (χ1v) is 8.87. The molecule has 2 aliphatic carbocycles. The van der Waals surface area contributed by atoms with Crippen LogP contribution in [0.4, 0.5) is 0 Å². The lowest BCUT2D eigenvalue weighted by atomic mass is 9.49. The summed E-state index contributed by atoms with van der Waals surface area (Å²) in [5.74, 6) is 0.750. The molecule has 0 amide bonds. The zero-order valence-corrected chi connectivity index (χ0v) is 15.2. The number of allylic oxidation sites excluding steroid dienone is 1. The van der Waals surface area contributed by atoms with Crippen LogP contribution >= 0.6 is 0 Å². The molecule has 0 spiro atoms. The van der Waals surface area contributed by atoms with Gasteiger partial charge in [-0.2, -0.15) is 0 Å².